The molecule has 0 bridgehead atoms. The zero-order valence-electron chi connectivity index (χ0n) is 13.9. The molecule has 2 heterocycles. The summed E-state index contributed by atoms with van der Waals surface area (Å²) in [6, 6.07) is 5.17. The van der Waals surface area contributed by atoms with Crippen molar-refractivity contribution >= 4 is 28.9 Å². The van der Waals surface area contributed by atoms with Gasteiger partial charge in [-0.3, -0.25) is 9.69 Å². The summed E-state index contributed by atoms with van der Waals surface area (Å²) < 4.78 is 39.3. The van der Waals surface area contributed by atoms with Crippen LogP contribution in [0.15, 0.2) is 34.2 Å². The number of aliphatic hydroxyl groups is 1. The molecular weight excluding hydrogens is 367 g/mol. The van der Waals surface area contributed by atoms with E-state index in [-0.39, 0.29) is 17.1 Å². The fraction of sp³-hybridized carbons (Fsp3) is 0.412. The van der Waals surface area contributed by atoms with Crippen LogP contribution in [0, 0.1) is 0 Å². The van der Waals surface area contributed by atoms with Crippen LogP contribution in [0.2, 0.25) is 0 Å². The molecular formula is C17H18F3N3O2S. The molecule has 2 aliphatic rings. The predicted octanol–water partition coefficient (Wildman–Crippen LogP) is 2.29. The Balaban J connectivity index is 1.72. The number of aliphatic imine (C=N–C) groups is 1. The third kappa shape index (κ3) is 4.28. The number of β-amino-alcohol motifs (C(OH)–C–C–N with tert-alkyl or cyclic N) is 1. The first-order valence-corrected chi connectivity index (χ1v) is 8.97. The predicted molar refractivity (Wildman–Crippen MR) is 94.6 cm³/mol. The number of rotatable bonds is 3. The van der Waals surface area contributed by atoms with Crippen LogP contribution >= 0.6 is 11.8 Å². The van der Waals surface area contributed by atoms with Crippen LogP contribution in [-0.2, 0) is 11.0 Å². The van der Waals surface area contributed by atoms with Crippen LogP contribution in [0.3, 0.4) is 0 Å². The van der Waals surface area contributed by atoms with Gasteiger partial charge in [-0.25, -0.2) is 0 Å². The summed E-state index contributed by atoms with van der Waals surface area (Å²) in [5.41, 5.74) is -0.813. The molecule has 1 amide bonds. The van der Waals surface area contributed by atoms with Crippen molar-refractivity contribution < 1.29 is 23.1 Å². The van der Waals surface area contributed by atoms with Crippen LogP contribution in [0.25, 0.3) is 6.08 Å². The Bertz CT molecular complexity index is 741. The maximum Gasteiger partial charge on any atom is 0.416 e. The standard InChI is InChI=1S/C17H18F3N3O2S/c18-17(19,20)13-4-2-1-3-12(13)11-14-15(25)21-16(26-14)23-7-5-22(6-8-23)9-10-24/h1-4,11,24H,5-10H2. The molecule has 1 fully saturated rings. The number of amidine groups is 1. The highest BCUT2D eigenvalue weighted by Gasteiger charge is 2.34. The molecule has 1 N–H and O–H groups in total. The smallest absolute Gasteiger partial charge is 0.395 e. The number of halogens is 3. The van der Waals surface area contributed by atoms with E-state index in [9.17, 15) is 18.0 Å². The molecule has 1 saturated heterocycles. The van der Waals surface area contributed by atoms with Crippen LogP contribution in [-0.4, -0.2) is 65.3 Å². The minimum Gasteiger partial charge on any atom is -0.395 e. The van der Waals surface area contributed by atoms with E-state index < -0.39 is 17.6 Å². The van der Waals surface area contributed by atoms with E-state index in [0.717, 1.165) is 30.9 Å². The molecule has 9 heteroatoms. The van der Waals surface area contributed by atoms with Gasteiger partial charge in [0.25, 0.3) is 5.91 Å². The molecule has 0 saturated carbocycles. The second kappa shape index (κ2) is 7.81. The number of carbonyl (C=O) groups excluding carboxylic acids is 1. The Hall–Kier alpha value is -1.84. The highest BCUT2D eigenvalue weighted by atomic mass is 32.2. The molecule has 1 aromatic carbocycles. The number of alkyl halides is 3. The number of piperazine rings is 1. The number of amides is 1. The second-order valence-electron chi connectivity index (χ2n) is 5.95. The average molecular weight is 385 g/mol. The van der Waals surface area contributed by atoms with E-state index in [4.69, 9.17) is 5.11 Å². The van der Waals surface area contributed by atoms with E-state index in [1.54, 1.807) is 0 Å². The number of thioether (sulfide) groups is 1. The summed E-state index contributed by atoms with van der Waals surface area (Å²) in [6.07, 6.45) is -3.22. The van der Waals surface area contributed by atoms with Crippen molar-refractivity contribution in [1.29, 1.82) is 0 Å². The molecule has 0 spiro atoms. The maximum atomic E-state index is 13.1. The average Bonchev–Trinajstić information content (AvgIpc) is 2.96. The van der Waals surface area contributed by atoms with Gasteiger partial charge in [-0.1, -0.05) is 18.2 Å². The second-order valence-corrected chi connectivity index (χ2v) is 6.96. The highest BCUT2D eigenvalue weighted by molar-refractivity contribution is 8.18. The zero-order valence-corrected chi connectivity index (χ0v) is 14.7. The van der Waals surface area contributed by atoms with E-state index >= 15 is 0 Å². The third-order valence-electron chi connectivity index (χ3n) is 4.22. The monoisotopic (exact) mass is 385 g/mol. The first-order chi connectivity index (χ1) is 12.4. The number of hydrogen-bond acceptors (Lipinski definition) is 5. The van der Waals surface area contributed by atoms with Crippen molar-refractivity contribution in [3.8, 4) is 0 Å². The van der Waals surface area contributed by atoms with Gasteiger partial charge in [0, 0.05) is 32.7 Å². The minimum atomic E-state index is -4.48. The van der Waals surface area contributed by atoms with Crippen molar-refractivity contribution in [1.82, 2.24) is 9.80 Å². The summed E-state index contributed by atoms with van der Waals surface area (Å²) in [7, 11) is 0. The Morgan fingerprint density at radius 1 is 1.19 bits per heavy atom. The lowest BCUT2D eigenvalue weighted by molar-refractivity contribution is -0.137. The summed E-state index contributed by atoms with van der Waals surface area (Å²) in [6.45, 7) is 3.50. The van der Waals surface area contributed by atoms with Crippen molar-refractivity contribution in [2.75, 3.05) is 39.3 Å². The van der Waals surface area contributed by atoms with Gasteiger partial charge in [0.15, 0.2) is 5.17 Å². The SMILES string of the molecule is O=C1N=C(N2CCN(CCO)CC2)SC1=Cc1ccccc1C(F)(F)F. The molecule has 2 aliphatic heterocycles. The summed E-state index contributed by atoms with van der Waals surface area (Å²) >= 11 is 1.11. The number of aliphatic hydroxyl groups excluding tert-OH is 1. The first-order valence-electron chi connectivity index (χ1n) is 8.15. The normalized spacial score (nSPS) is 20.8. The lowest BCUT2D eigenvalue weighted by Crippen LogP contribution is -2.48. The van der Waals surface area contributed by atoms with Crippen molar-refractivity contribution in [2.24, 2.45) is 4.99 Å². The van der Waals surface area contributed by atoms with Gasteiger partial charge in [-0.15, -0.1) is 0 Å². The number of benzene rings is 1. The zero-order chi connectivity index (χ0) is 18.7. The highest BCUT2D eigenvalue weighted by Crippen LogP contribution is 2.36. The number of hydrogen-bond donors (Lipinski definition) is 1. The Labute approximate surface area is 153 Å². The molecule has 1 aromatic rings. The quantitative estimate of drug-likeness (QED) is 0.810. The van der Waals surface area contributed by atoms with Gasteiger partial charge < -0.3 is 10.0 Å². The Morgan fingerprint density at radius 2 is 1.88 bits per heavy atom. The van der Waals surface area contributed by atoms with Gasteiger partial charge in [-0.2, -0.15) is 18.2 Å². The minimum absolute atomic E-state index is 0.0416. The van der Waals surface area contributed by atoms with Crippen molar-refractivity contribution in [3.05, 3.63) is 40.3 Å². The molecule has 140 valence electrons. The van der Waals surface area contributed by atoms with E-state index in [1.807, 2.05) is 4.90 Å². The molecule has 0 atom stereocenters. The van der Waals surface area contributed by atoms with Crippen molar-refractivity contribution in [3.63, 3.8) is 0 Å². The number of nitrogens with zero attached hydrogens (tertiary/aromatic N) is 3. The lowest BCUT2D eigenvalue weighted by Gasteiger charge is -2.34. The Kier molecular flexibility index (Phi) is 5.69. The van der Waals surface area contributed by atoms with Crippen LogP contribution in [0.5, 0.6) is 0 Å². The molecule has 3 rings (SSSR count). The van der Waals surface area contributed by atoms with E-state index in [0.29, 0.717) is 24.8 Å². The van der Waals surface area contributed by atoms with Gasteiger partial charge in [0.2, 0.25) is 0 Å². The van der Waals surface area contributed by atoms with Gasteiger partial charge in [0.1, 0.15) is 0 Å². The molecule has 5 nitrogen and oxygen atoms in total. The molecule has 26 heavy (non-hydrogen) atoms. The fourth-order valence-corrected chi connectivity index (χ4v) is 3.82. The lowest BCUT2D eigenvalue weighted by atomic mass is 10.1. The van der Waals surface area contributed by atoms with Crippen molar-refractivity contribution in [2.45, 2.75) is 6.18 Å². The molecule has 0 radical (unpaired) electrons. The summed E-state index contributed by atoms with van der Waals surface area (Å²) in [4.78, 5) is 20.4. The largest absolute Gasteiger partial charge is 0.416 e. The van der Waals surface area contributed by atoms with E-state index in [1.165, 1.54) is 24.3 Å². The Morgan fingerprint density at radius 3 is 2.54 bits per heavy atom. The number of carbonyl (C=O) groups is 1. The molecule has 0 unspecified atom stereocenters. The molecule has 0 aliphatic carbocycles. The summed E-state index contributed by atoms with van der Waals surface area (Å²) in [5, 5.41) is 9.49. The summed E-state index contributed by atoms with van der Waals surface area (Å²) in [5.74, 6) is -0.514. The van der Waals surface area contributed by atoms with Gasteiger partial charge >= 0.3 is 6.18 Å². The molecule has 0 aromatic heterocycles. The van der Waals surface area contributed by atoms with Crippen LogP contribution in [0.4, 0.5) is 13.2 Å². The van der Waals surface area contributed by atoms with E-state index in [2.05, 4.69) is 9.89 Å². The van der Waals surface area contributed by atoms with Gasteiger partial charge in [-0.05, 0) is 29.5 Å². The van der Waals surface area contributed by atoms with Crippen LogP contribution in [0.1, 0.15) is 11.1 Å². The maximum absolute atomic E-state index is 13.1. The first kappa shape index (κ1) is 18.9. The fourth-order valence-electron chi connectivity index (χ4n) is 2.86. The van der Waals surface area contributed by atoms with Gasteiger partial charge in [0.05, 0.1) is 17.1 Å². The third-order valence-corrected chi connectivity index (χ3v) is 5.27. The van der Waals surface area contributed by atoms with Crippen LogP contribution < -0.4 is 0 Å². The topological polar surface area (TPSA) is 56.1 Å².